The molecule has 0 saturated heterocycles. The van der Waals surface area contributed by atoms with Crippen molar-refractivity contribution in [1.29, 1.82) is 0 Å². The molecule has 3 N–H and O–H groups in total. The Morgan fingerprint density at radius 3 is 2.79 bits per heavy atom. The first-order chi connectivity index (χ1) is 11.4. The maximum Gasteiger partial charge on any atom is 0.273 e. The van der Waals surface area contributed by atoms with Gasteiger partial charge in [-0.15, -0.1) is 0 Å². The van der Waals surface area contributed by atoms with Crippen LogP contribution in [0.15, 0.2) is 28.9 Å². The topological polar surface area (TPSA) is 81.1 Å². The molecular weight excluding hydrogens is 349 g/mol. The van der Waals surface area contributed by atoms with E-state index < -0.39 is 0 Å². The Kier molecular flexibility index (Phi) is 6.66. The highest BCUT2D eigenvalue weighted by atomic mass is 35.5. The SMILES string of the molecule is CC(C)CC(N)c1nc(C(=O)NCCc2ccc(Cl)cc2Cl)co1. The van der Waals surface area contributed by atoms with Gasteiger partial charge in [-0.2, -0.15) is 0 Å². The first kappa shape index (κ1) is 18.8. The van der Waals surface area contributed by atoms with Crippen LogP contribution >= 0.6 is 23.2 Å². The summed E-state index contributed by atoms with van der Waals surface area (Å²) in [6.45, 7) is 4.57. The van der Waals surface area contributed by atoms with E-state index in [0.29, 0.717) is 34.8 Å². The van der Waals surface area contributed by atoms with Crippen LogP contribution in [0.5, 0.6) is 0 Å². The number of hydrogen-bond donors (Lipinski definition) is 2. The van der Waals surface area contributed by atoms with Gasteiger partial charge in [-0.3, -0.25) is 4.79 Å². The van der Waals surface area contributed by atoms with Gasteiger partial charge in [0.05, 0.1) is 6.04 Å². The third-order valence-electron chi connectivity index (χ3n) is 3.49. The molecule has 1 atom stereocenters. The van der Waals surface area contributed by atoms with Crippen LogP contribution in [0.2, 0.25) is 10.0 Å². The Bertz CT molecular complexity index is 701. The van der Waals surface area contributed by atoms with Crippen molar-refractivity contribution in [2.75, 3.05) is 6.54 Å². The largest absolute Gasteiger partial charge is 0.446 e. The molecule has 0 radical (unpaired) electrons. The van der Waals surface area contributed by atoms with Crippen LogP contribution in [0.4, 0.5) is 0 Å². The van der Waals surface area contributed by atoms with E-state index in [0.717, 1.165) is 12.0 Å². The minimum Gasteiger partial charge on any atom is -0.446 e. The van der Waals surface area contributed by atoms with E-state index >= 15 is 0 Å². The average Bonchev–Trinajstić information content (AvgIpc) is 2.98. The summed E-state index contributed by atoms with van der Waals surface area (Å²) in [5, 5.41) is 3.96. The molecule has 0 saturated carbocycles. The van der Waals surface area contributed by atoms with Crippen LogP contribution in [0, 0.1) is 5.92 Å². The highest BCUT2D eigenvalue weighted by molar-refractivity contribution is 6.35. The van der Waals surface area contributed by atoms with E-state index in [1.807, 2.05) is 6.07 Å². The second-order valence-electron chi connectivity index (χ2n) is 6.05. The summed E-state index contributed by atoms with van der Waals surface area (Å²) in [5.74, 6) is 0.509. The number of halogens is 2. The Morgan fingerprint density at radius 2 is 2.12 bits per heavy atom. The van der Waals surface area contributed by atoms with Gasteiger partial charge < -0.3 is 15.5 Å². The van der Waals surface area contributed by atoms with Crippen LogP contribution in [-0.4, -0.2) is 17.4 Å². The quantitative estimate of drug-likeness (QED) is 0.772. The minimum atomic E-state index is -0.306. The van der Waals surface area contributed by atoms with Gasteiger partial charge >= 0.3 is 0 Å². The lowest BCUT2D eigenvalue weighted by atomic mass is 10.0. The molecule has 1 amide bonds. The summed E-state index contributed by atoms with van der Waals surface area (Å²) in [6, 6.07) is 4.99. The molecule has 5 nitrogen and oxygen atoms in total. The zero-order chi connectivity index (χ0) is 17.7. The Labute approximate surface area is 151 Å². The van der Waals surface area contributed by atoms with Crippen molar-refractivity contribution in [2.45, 2.75) is 32.7 Å². The van der Waals surface area contributed by atoms with Gasteiger partial charge in [-0.25, -0.2) is 4.98 Å². The minimum absolute atomic E-state index is 0.228. The monoisotopic (exact) mass is 369 g/mol. The third kappa shape index (κ3) is 5.23. The molecule has 2 aromatic rings. The van der Waals surface area contributed by atoms with E-state index in [1.54, 1.807) is 12.1 Å². The molecule has 1 aromatic heterocycles. The fourth-order valence-corrected chi connectivity index (χ4v) is 2.80. The Balaban J connectivity index is 1.87. The molecule has 130 valence electrons. The maximum absolute atomic E-state index is 12.1. The van der Waals surface area contributed by atoms with Gasteiger partial charge in [0.25, 0.3) is 5.91 Å². The molecule has 0 aliphatic heterocycles. The van der Waals surface area contributed by atoms with Gasteiger partial charge in [0.2, 0.25) is 5.89 Å². The highest BCUT2D eigenvalue weighted by Gasteiger charge is 2.17. The average molecular weight is 370 g/mol. The molecule has 0 aliphatic rings. The van der Waals surface area contributed by atoms with Gasteiger partial charge in [-0.05, 0) is 36.5 Å². The second kappa shape index (κ2) is 8.51. The number of nitrogens with zero attached hydrogens (tertiary/aromatic N) is 1. The van der Waals surface area contributed by atoms with E-state index in [2.05, 4.69) is 24.1 Å². The Morgan fingerprint density at radius 1 is 1.38 bits per heavy atom. The smallest absolute Gasteiger partial charge is 0.273 e. The summed E-state index contributed by atoms with van der Waals surface area (Å²) in [5.41, 5.74) is 7.15. The van der Waals surface area contributed by atoms with E-state index in [-0.39, 0.29) is 17.6 Å². The molecule has 0 aliphatic carbocycles. The first-order valence-corrected chi connectivity index (χ1v) is 8.55. The van der Waals surface area contributed by atoms with Crippen molar-refractivity contribution < 1.29 is 9.21 Å². The van der Waals surface area contributed by atoms with Crippen molar-refractivity contribution in [3.63, 3.8) is 0 Å². The Hall–Kier alpha value is -1.56. The predicted octanol–water partition coefficient (Wildman–Crippen LogP) is 4.00. The highest BCUT2D eigenvalue weighted by Crippen LogP contribution is 2.21. The van der Waals surface area contributed by atoms with Crippen molar-refractivity contribution in [3.05, 3.63) is 51.7 Å². The fraction of sp³-hybridized carbons (Fsp3) is 0.412. The van der Waals surface area contributed by atoms with Crippen LogP contribution in [0.3, 0.4) is 0 Å². The van der Waals surface area contributed by atoms with Crippen molar-refractivity contribution >= 4 is 29.1 Å². The number of carbonyl (C=O) groups excluding carboxylic acids is 1. The molecule has 1 unspecified atom stereocenters. The molecule has 1 aromatic carbocycles. The van der Waals surface area contributed by atoms with Crippen molar-refractivity contribution in [2.24, 2.45) is 11.7 Å². The van der Waals surface area contributed by atoms with Crippen LogP contribution < -0.4 is 11.1 Å². The summed E-state index contributed by atoms with van der Waals surface area (Å²) in [6.07, 6.45) is 2.68. The number of rotatable bonds is 7. The number of nitrogens with one attached hydrogen (secondary N) is 1. The lowest BCUT2D eigenvalue weighted by Gasteiger charge is -2.09. The summed E-state index contributed by atoms with van der Waals surface area (Å²) < 4.78 is 5.31. The molecule has 24 heavy (non-hydrogen) atoms. The second-order valence-corrected chi connectivity index (χ2v) is 6.89. The molecule has 0 bridgehead atoms. The van der Waals surface area contributed by atoms with Crippen LogP contribution in [0.25, 0.3) is 0 Å². The lowest BCUT2D eigenvalue weighted by Crippen LogP contribution is -2.26. The zero-order valence-corrected chi connectivity index (χ0v) is 15.2. The van der Waals surface area contributed by atoms with E-state index in [4.69, 9.17) is 33.4 Å². The number of benzene rings is 1. The molecule has 0 fully saturated rings. The predicted molar refractivity (Wildman–Crippen MR) is 95.4 cm³/mol. The van der Waals surface area contributed by atoms with Gasteiger partial charge in [-0.1, -0.05) is 43.1 Å². The lowest BCUT2D eigenvalue weighted by molar-refractivity contribution is 0.0949. The number of nitrogens with two attached hydrogens (primary N) is 1. The third-order valence-corrected chi connectivity index (χ3v) is 4.08. The van der Waals surface area contributed by atoms with Crippen molar-refractivity contribution in [1.82, 2.24) is 10.3 Å². The summed E-state index contributed by atoms with van der Waals surface area (Å²) in [4.78, 5) is 16.3. The van der Waals surface area contributed by atoms with E-state index in [9.17, 15) is 4.79 Å². The molecule has 7 heteroatoms. The number of carbonyl (C=O) groups is 1. The van der Waals surface area contributed by atoms with Crippen molar-refractivity contribution in [3.8, 4) is 0 Å². The molecule has 0 spiro atoms. The molecule has 2 rings (SSSR count). The number of amides is 1. The van der Waals surface area contributed by atoms with Gasteiger partial charge in [0.15, 0.2) is 5.69 Å². The van der Waals surface area contributed by atoms with Gasteiger partial charge in [0.1, 0.15) is 6.26 Å². The molecular formula is C17H21Cl2N3O2. The van der Waals surface area contributed by atoms with Crippen LogP contribution in [0.1, 0.15) is 48.3 Å². The summed E-state index contributed by atoms with van der Waals surface area (Å²) in [7, 11) is 0. The number of oxazole rings is 1. The number of hydrogen-bond acceptors (Lipinski definition) is 4. The normalized spacial score (nSPS) is 12.4. The molecule has 1 heterocycles. The van der Waals surface area contributed by atoms with E-state index in [1.165, 1.54) is 6.26 Å². The maximum atomic E-state index is 12.1. The van der Waals surface area contributed by atoms with Gasteiger partial charge in [0, 0.05) is 16.6 Å². The standard InChI is InChI=1S/C17H21Cl2N3O2/c1-10(2)7-14(20)17-22-15(9-24-17)16(23)21-6-5-11-3-4-12(18)8-13(11)19/h3-4,8-10,14H,5-7,20H2,1-2H3,(H,21,23). The fourth-order valence-electron chi connectivity index (χ4n) is 2.30. The van der Waals surface area contributed by atoms with Crippen LogP contribution in [-0.2, 0) is 6.42 Å². The summed E-state index contributed by atoms with van der Waals surface area (Å²) >= 11 is 12.0. The first-order valence-electron chi connectivity index (χ1n) is 7.80. The zero-order valence-electron chi connectivity index (χ0n) is 13.7. The number of aromatic nitrogens is 1.